The lowest BCUT2D eigenvalue weighted by atomic mass is 10.4. The Morgan fingerprint density at radius 1 is 2.00 bits per heavy atom. The van der Waals surface area contributed by atoms with Gasteiger partial charge in [0.25, 0.3) is 0 Å². The van der Waals surface area contributed by atoms with E-state index in [0.29, 0.717) is 5.69 Å². The number of H-pyrrole nitrogens is 1. The number of carbonyl (C=O) groups excluding carboxylic acids is 1. The molecule has 1 aromatic rings. The lowest BCUT2D eigenvalue weighted by molar-refractivity contribution is 0.0595. The Labute approximate surface area is 54.1 Å². The molecule has 0 atom stereocenters. The number of ether oxygens (including phenoxy) is 1. The Hall–Kier alpha value is -1.25. The predicted octanol–water partition coefficient (Wildman–Crippen LogP) is 0.801. The Kier molecular flexibility index (Phi) is 1.20. The summed E-state index contributed by atoms with van der Waals surface area (Å²) in [5.74, 6) is -0.446. The first-order chi connectivity index (χ1) is 4.74. The number of hydrogen-bond acceptors (Lipinski definition) is 2. The van der Waals surface area contributed by atoms with Crippen molar-refractivity contribution in [3.8, 4) is 0 Å². The predicted molar refractivity (Wildman–Crippen MR) is 32.1 cm³/mol. The molecule has 0 amide bonds. The van der Waals surface area contributed by atoms with Crippen LogP contribution in [0.25, 0.3) is 0 Å². The molecule has 0 fully saturated rings. The summed E-state index contributed by atoms with van der Waals surface area (Å²) >= 11 is 0. The molecule has 1 aromatic heterocycles. The van der Waals surface area contributed by atoms with Gasteiger partial charge in [-0.2, -0.15) is 0 Å². The Morgan fingerprint density at radius 2 is 2.78 bits per heavy atom. The summed E-state index contributed by atoms with van der Waals surface area (Å²) in [5.41, 5.74) is 0.313. The summed E-state index contributed by atoms with van der Waals surface area (Å²) in [5, 5.41) is 0. The van der Waals surface area contributed by atoms with Crippen LogP contribution < -0.4 is 0 Å². The Morgan fingerprint density at radius 3 is 3.22 bits per heavy atom. The second-order valence-electron chi connectivity index (χ2n) is 1.50. The van der Waals surface area contributed by atoms with E-state index in [0.717, 1.165) is 0 Å². The van der Waals surface area contributed by atoms with E-state index in [1.807, 2.05) is 0 Å². The molecule has 0 saturated heterocycles. The van der Waals surface area contributed by atoms with Crippen LogP contribution >= 0.6 is 0 Å². The van der Waals surface area contributed by atoms with Crippen molar-refractivity contribution in [1.29, 1.82) is 0 Å². The Balaban J connectivity index is 2.85. The van der Waals surface area contributed by atoms with Crippen LogP contribution in [0.4, 0.5) is 0 Å². The van der Waals surface area contributed by atoms with E-state index in [1.165, 1.54) is 19.4 Å². The van der Waals surface area contributed by atoms with Crippen LogP contribution in [0.2, 0.25) is 0 Å². The fraction of sp³-hybridized carbons (Fsp3) is 0.167. The number of rotatable bonds is 1. The first kappa shape index (κ1) is 4.61. The number of methoxy groups -OCH3 is 1. The minimum absolute atomic E-state index is 0.278. The normalized spacial score (nSPS) is 10.6. The number of esters is 1. The van der Waals surface area contributed by atoms with Gasteiger partial charge in [-0.3, -0.25) is 0 Å². The third-order valence-corrected chi connectivity index (χ3v) is 0.944. The molecular formula is C6H7NO2. The molecule has 0 unspecified atom stereocenters. The number of aromatic amines is 1. The first-order valence-corrected chi connectivity index (χ1v) is 2.47. The molecular weight excluding hydrogens is 118 g/mol. The molecule has 0 aliphatic rings. The van der Waals surface area contributed by atoms with Crippen LogP contribution in [0, 0.1) is 0 Å². The molecule has 0 aromatic carbocycles. The summed E-state index contributed by atoms with van der Waals surface area (Å²) in [6.07, 6.45) is 1.42. The number of hydrogen-bond donors (Lipinski definition) is 1. The summed E-state index contributed by atoms with van der Waals surface area (Å²) < 4.78 is 11.4. The molecule has 3 heteroatoms. The highest BCUT2D eigenvalue weighted by Gasteiger charge is 2.02. The van der Waals surface area contributed by atoms with Gasteiger partial charge in [-0.25, -0.2) is 4.79 Å². The van der Waals surface area contributed by atoms with Crippen molar-refractivity contribution in [3.63, 3.8) is 0 Å². The van der Waals surface area contributed by atoms with Gasteiger partial charge in [0.1, 0.15) is 5.69 Å². The molecule has 0 saturated carbocycles. The second-order valence-corrected chi connectivity index (χ2v) is 1.50. The van der Waals surface area contributed by atoms with Crippen molar-refractivity contribution in [2.45, 2.75) is 0 Å². The van der Waals surface area contributed by atoms with Crippen LogP contribution in [-0.4, -0.2) is 18.1 Å². The first-order valence-electron chi connectivity index (χ1n) is 2.97. The van der Waals surface area contributed by atoms with Gasteiger partial charge >= 0.3 is 5.97 Å². The molecule has 9 heavy (non-hydrogen) atoms. The Bertz CT molecular complexity index is 244. The zero-order valence-corrected chi connectivity index (χ0v) is 4.97. The van der Waals surface area contributed by atoms with Gasteiger partial charge in [0, 0.05) is 6.20 Å². The molecule has 3 nitrogen and oxygen atoms in total. The van der Waals surface area contributed by atoms with Gasteiger partial charge in [0.05, 0.1) is 8.48 Å². The van der Waals surface area contributed by atoms with E-state index in [2.05, 4.69) is 9.72 Å². The minimum atomic E-state index is -0.446. The molecule has 0 aliphatic carbocycles. The maximum atomic E-state index is 10.7. The van der Waals surface area contributed by atoms with Crippen molar-refractivity contribution in [2.24, 2.45) is 0 Å². The molecule has 1 rings (SSSR count). The van der Waals surface area contributed by atoms with E-state index in [4.69, 9.17) is 1.37 Å². The average molecular weight is 126 g/mol. The van der Waals surface area contributed by atoms with Crippen molar-refractivity contribution >= 4 is 5.97 Å². The van der Waals surface area contributed by atoms with E-state index in [9.17, 15) is 4.79 Å². The SMILES string of the molecule is [2H]c1c[nH]c(C(=O)OC)c1. The number of carbonyl (C=O) groups is 1. The summed E-state index contributed by atoms with van der Waals surface area (Å²) in [6, 6.07) is 1.69. The largest absolute Gasteiger partial charge is 0.464 e. The van der Waals surface area contributed by atoms with Crippen LogP contribution in [0.15, 0.2) is 18.3 Å². The highest BCUT2D eigenvalue weighted by molar-refractivity contribution is 5.87. The van der Waals surface area contributed by atoms with Gasteiger partial charge < -0.3 is 9.72 Å². The quantitative estimate of drug-likeness (QED) is 0.565. The van der Waals surface area contributed by atoms with Crippen LogP contribution in [-0.2, 0) is 4.74 Å². The third kappa shape index (κ3) is 1.10. The summed E-state index contributed by atoms with van der Waals surface area (Å²) in [6.45, 7) is 0. The van der Waals surface area contributed by atoms with Crippen molar-refractivity contribution < 1.29 is 10.9 Å². The monoisotopic (exact) mass is 126 g/mol. The van der Waals surface area contributed by atoms with Gasteiger partial charge in [-0.05, 0) is 12.1 Å². The van der Waals surface area contributed by atoms with Crippen molar-refractivity contribution in [1.82, 2.24) is 4.98 Å². The standard InChI is InChI=1S/C6H7NO2/c1-9-6(8)5-3-2-4-7-5/h2-4,7H,1H3/i2D. The van der Waals surface area contributed by atoms with E-state index < -0.39 is 5.97 Å². The van der Waals surface area contributed by atoms with Gasteiger partial charge in [-0.15, -0.1) is 0 Å². The van der Waals surface area contributed by atoms with Crippen molar-refractivity contribution in [2.75, 3.05) is 7.11 Å². The lowest BCUT2D eigenvalue weighted by Gasteiger charge is -1.91. The van der Waals surface area contributed by atoms with E-state index in [-0.39, 0.29) is 6.04 Å². The lowest BCUT2D eigenvalue weighted by Crippen LogP contribution is -2.00. The van der Waals surface area contributed by atoms with Gasteiger partial charge in [0.2, 0.25) is 0 Å². The molecule has 0 radical (unpaired) electrons. The van der Waals surface area contributed by atoms with Gasteiger partial charge in [0.15, 0.2) is 0 Å². The van der Waals surface area contributed by atoms with Crippen LogP contribution in [0.1, 0.15) is 11.9 Å². The number of aromatic nitrogens is 1. The van der Waals surface area contributed by atoms with E-state index >= 15 is 0 Å². The summed E-state index contributed by atoms with van der Waals surface area (Å²) in [7, 11) is 1.30. The minimum Gasteiger partial charge on any atom is -0.464 e. The maximum absolute atomic E-state index is 10.7. The van der Waals surface area contributed by atoms with Crippen molar-refractivity contribution in [3.05, 3.63) is 24.0 Å². The second kappa shape index (κ2) is 2.35. The van der Waals surface area contributed by atoms with Gasteiger partial charge in [-0.1, -0.05) is 0 Å². The topological polar surface area (TPSA) is 42.1 Å². The molecule has 0 aliphatic heterocycles. The third-order valence-electron chi connectivity index (χ3n) is 0.944. The fourth-order valence-corrected chi connectivity index (χ4v) is 0.514. The summed E-state index contributed by atoms with van der Waals surface area (Å²) in [4.78, 5) is 13.3. The number of nitrogens with one attached hydrogen (secondary N) is 1. The highest BCUT2D eigenvalue weighted by atomic mass is 16.5. The molecule has 0 spiro atoms. The highest BCUT2D eigenvalue weighted by Crippen LogP contribution is 1.94. The fourth-order valence-electron chi connectivity index (χ4n) is 0.514. The zero-order chi connectivity index (χ0) is 7.56. The molecule has 48 valence electrons. The average Bonchev–Trinajstić information content (AvgIpc) is 2.34. The molecule has 1 N–H and O–H groups in total. The molecule has 0 bridgehead atoms. The zero-order valence-electron chi connectivity index (χ0n) is 5.97. The molecule has 1 heterocycles. The van der Waals surface area contributed by atoms with Crippen LogP contribution in [0.5, 0.6) is 0 Å². The maximum Gasteiger partial charge on any atom is 0.354 e. The van der Waals surface area contributed by atoms with Crippen LogP contribution in [0.3, 0.4) is 0 Å². The van der Waals surface area contributed by atoms with E-state index in [1.54, 1.807) is 0 Å². The smallest absolute Gasteiger partial charge is 0.354 e.